The third kappa shape index (κ3) is 2.67. The smallest absolute Gasteiger partial charge is 0.164 e. The van der Waals surface area contributed by atoms with Crippen molar-refractivity contribution < 1.29 is 8.78 Å². The Morgan fingerprint density at radius 1 is 1.00 bits per heavy atom. The summed E-state index contributed by atoms with van der Waals surface area (Å²) in [6.07, 6.45) is 0. The van der Waals surface area contributed by atoms with Crippen molar-refractivity contribution in [2.24, 2.45) is 0 Å². The van der Waals surface area contributed by atoms with Crippen LogP contribution in [-0.2, 0) is 0 Å². The van der Waals surface area contributed by atoms with Gasteiger partial charge in [-0.3, -0.25) is 0 Å². The van der Waals surface area contributed by atoms with Gasteiger partial charge >= 0.3 is 0 Å². The Morgan fingerprint density at radius 3 is 2.33 bits per heavy atom. The van der Waals surface area contributed by atoms with Gasteiger partial charge in [-0.25, -0.2) is 8.78 Å². The van der Waals surface area contributed by atoms with Crippen molar-refractivity contribution in [3.8, 4) is 0 Å². The van der Waals surface area contributed by atoms with Gasteiger partial charge in [-0.15, -0.1) is 0 Å². The molecular formula is C15H15F2N. The maximum Gasteiger partial charge on any atom is 0.164 e. The lowest BCUT2D eigenvalue weighted by molar-refractivity contribution is 0.494. The molecular weight excluding hydrogens is 232 g/mol. The van der Waals surface area contributed by atoms with E-state index in [4.69, 9.17) is 0 Å². The van der Waals surface area contributed by atoms with E-state index < -0.39 is 11.6 Å². The summed E-state index contributed by atoms with van der Waals surface area (Å²) in [7, 11) is 0. The van der Waals surface area contributed by atoms with E-state index in [9.17, 15) is 8.78 Å². The summed E-state index contributed by atoms with van der Waals surface area (Å²) in [5, 5.41) is 3.15. The second-order valence-corrected chi connectivity index (χ2v) is 4.38. The molecule has 1 atom stereocenters. The molecule has 0 aromatic heterocycles. The third-order valence-electron chi connectivity index (χ3n) is 2.88. The zero-order valence-corrected chi connectivity index (χ0v) is 10.4. The number of hydrogen-bond acceptors (Lipinski definition) is 1. The lowest BCUT2D eigenvalue weighted by Gasteiger charge is -2.16. The van der Waals surface area contributed by atoms with E-state index in [1.165, 1.54) is 6.07 Å². The predicted molar refractivity (Wildman–Crippen MR) is 69.6 cm³/mol. The fourth-order valence-corrected chi connectivity index (χ4v) is 1.83. The molecule has 1 N–H and O–H groups in total. The minimum atomic E-state index is -0.815. The lowest BCUT2D eigenvalue weighted by Crippen LogP contribution is -2.09. The Bertz CT molecular complexity index is 535. The van der Waals surface area contributed by atoms with Crippen LogP contribution in [0, 0.1) is 18.6 Å². The van der Waals surface area contributed by atoms with Crippen LogP contribution in [0.15, 0.2) is 42.5 Å². The second kappa shape index (κ2) is 5.17. The molecule has 2 aromatic rings. The molecule has 1 unspecified atom stereocenters. The van der Waals surface area contributed by atoms with Crippen molar-refractivity contribution in [1.29, 1.82) is 0 Å². The Hall–Kier alpha value is -1.90. The molecule has 0 amide bonds. The molecule has 0 heterocycles. The Morgan fingerprint density at radius 2 is 1.67 bits per heavy atom. The number of nitrogens with one attached hydrogen (secondary N) is 1. The first kappa shape index (κ1) is 12.6. The van der Waals surface area contributed by atoms with E-state index in [2.05, 4.69) is 5.32 Å². The average Bonchev–Trinajstić information content (AvgIpc) is 2.35. The third-order valence-corrected chi connectivity index (χ3v) is 2.88. The molecule has 18 heavy (non-hydrogen) atoms. The summed E-state index contributed by atoms with van der Waals surface area (Å²) in [6.45, 7) is 3.80. The highest BCUT2D eigenvalue weighted by atomic mass is 19.2. The summed E-state index contributed by atoms with van der Waals surface area (Å²) in [4.78, 5) is 0. The zero-order chi connectivity index (χ0) is 13.1. The molecule has 2 rings (SSSR count). The van der Waals surface area contributed by atoms with Crippen LogP contribution in [0.25, 0.3) is 0 Å². The highest BCUT2D eigenvalue weighted by Crippen LogP contribution is 2.23. The monoisotopic (exact) mass is 247 g/mol. The fourth-order valence-electron chi connectivity index (χ4n) is 1.83. The van der Waals surface area contributed by atoms with Crippen LogP contribution in [-0.4, -0.2) is 0 Å². The highest BCUT2D eigenvalue weighted by molar-refractivity contribution is 5.46. The van der Waals surface area contributed by atoms with Crippen molar-refractivity contribution in [2.75, 3.05) is 5.32 Å². The van der Waals surface area contributed by atoms with Gasteiger partial charge in [-0.1, -0.05) is 29.8 Å². The van der Waals surface area contributed by atoms with Crippen LogP contribution < -0.4 is 5.32 Å². The van der Waals surface area contributed by atoms with Crippen molar-refractivity contribution in [3.63, 3.8) is 0 Å². The SMILES string of the molecule is Cc1ccc(NC(C)c2cccc(F)c2F)cc1. The zero-order valence-electron chi connectivity index (χ0n) is 10.4. The van der Waals surface area contributed by atoms with Crippen molar-refractivity contribution in [3.05, 3.63) is 65.2 Å². The van der Waals surface area contributed by atoms with Crippen LogP contribution in [0.5, 0.6) is 0 Å². The highest BCUT2D eigenvalue weighted by Gasteiger charge is 2.13. The first-order valence-electron chi connectivity index (χ1n) is 5.85. The summed E-state index contributed by atoms with van der Waals surface area (Å²) in [5.74, 6) is -1.60. The van der Waals surface area contributed by atoms with E-state index in [1.54, 1.807) is 13.0 Å². The molecule has 94 valence electrons. The van der Waals surface area contributed by atoms with Gasteiger partial charge in [-0.2, -0.15) is 0 Å². The van der Waals surface area contributed by atoms with Gasteiger partial charge < -0.3 is 5.32 Å². The predicted octanol–water partition coefficient (Wildman–Crippen LogP) is 4.45. The van der Waals surface area contributed by atoms with Crippen LogP contribution in [0.3, 0.4) is 0 Å². The lowest BCUT2D eigenvalue weighted by atomic mass is 10.1. The average molecular weight is 247 g/mol. The summed E-state index contributed by atoms with van der Waals surface area (Å²) in [5.41, 5.74) is 2.37. The summed E-state index contributed by atoms with van der Waals surface area (Å²) in [6, 6.07) is 11.7. The standard InChI is InChI=1S/C15H15F2N/c1-10-6-8-12(9-7-10)18-11(2)13-4-3-5-14(16)15(13)17/h3-9,11,18H,1-2H3. The van der Waals surface area contributed by atoms with Gasteiger partial charge in [0.2, 0.25) is 0 Å². The Kier molecular flexibility index (Phi) is 3.60. The quantitative estimate of drug-likeness (QED) is 0.845. The van der Waals surface area contributed by atoms with Crippen molar-refractivity contribution >= 4 is 5.69 Å². The second-order valence-electron chi connectivity index (χ2n) is 4.38. The van der Waals surface area contributed by atoms with Gasteiger partial charge in [0.25, 0.3) is 0 Å². The van der Waals surface area contributed by atoms with Crippen molar-refractivity contribution in [2.45, 2.75) is 19.9 Å². The molecule has 0 bridgehead atoms. The maximum absolute atomic E-state index is 13.6. The Labute approximate surface area is 105 Å². The number of aryl methyl sites for hydroxylation is 1. The maximum atomic E-state index is 13.6. The molecule has 0 radical (unpaired) electrons. The molecule has 0 aliphatic heterocycles. The summed E-state index contributed by atoms with van der Waals surface area (Å²) < 4.78 is 26.7. The molecule has 0 fully saturated rings. The molecule has 0 aliphatic rings. The minimum Gasteiger partial charge on any atom is -0.378 e. The molecule has 3 heteroatoms. The first-order valence-corrected chi connectivity index (χ1v) is 5.85. The molecule has 0 saturated carbocycles. The van der Waals surface area contributed by atoms with Crippen LogP contribution in [0.2, 0.25) is 0 Å². The summed E-state index contributed by atoms with van der Waals surface area (Å²) >= 11 is 0. The van der Waals surface area contributed by atoms with Gasteiger partial charge in [0.15, 0.2) is 11.6 Å². The molecule has 1 nitrogen and oxygen atoms in total. The van der Waals surface area contributed by atoms with E-state index >= 15 is 0 Å². The number of benzene rings is 2. The van der Waals surface area contributed by atoms with Gasteiger partial charge in [0, 0.05) is 11.3 Å². The number of hydrogen-bond donors (Lipinski definition) is 1. The molecule has 0 saturated heterocycles. The van der Waals surface area contributed by atoms with E-state index in [-0.39, 0.29) is 6.04 Å². The van der Waals surface area contributed by atoms with Crippen LogP contribution >= 0.6 is 0 Å². The van der Waals surface area contributed by atoms with Gasteiger partial charge in [-0.05, 0) is 32.0 Å². The first-order chi connectivity index (χ1) is 8.58. The molecule has 2 aromatic carbocycles. The van der Waals surface area contributed by atoms with Crippen LogP contribution in [0.1, 0.15) is 24.1 Å². The van der Waals surface area contributed by atoms with E-state index in [0.29, 0.717) is 5.56 Å². The molecule has 0 spiro atoms. The largest absolute Gasteiger partial charge is 0.378 e. The van der Waals surface area contributed by atoms with E-state index in [1.807, 2.05) is 31.2 Å². The molecule has 0 aliphatic carbocycles. The number of rotatable bonds is 3. The van der Waals surface area contributed by atoms with Crippen LogP contribution in [0.4, 0.5) is 14.5 Å². The normalized spacial score (nSPS) is 12.2. The Balaban J connectivity index is 2.19. The van der Waals surface area contributed by atoms with E-state index in [0.717, 1.165) is 17.3 Å². The number of anilines is 1. The van der Waals surface area contributed by atoms with Gasteiger partial charge in [0.1, 0.15) is 0 Å². The minimum absolute atomic E-state index is 0.289. The topological polar surface area (TPSA) is 12.0 Å². The van der Waals surface area contributed by atoms with Crippen molar-refractivity contribution in [1.82, 2.24) is 0 Å². The fraction of sp³-hybridized carbons (Fsp3) is 0.200. The number of halogens is 2. The van der Waals surface area contributed by atoms with Gasteiger partial charge in [0.05, 0.1) is 6.04 Å².